The summed E-state index contributed by atoms with van der Waals surface area (Å²) in [4.78, 5) is 0. The SMILES string of the molecule is CCC=C(CBr)O[Si](C)(C)C. The van der Waals surface area contributed by atoms with E-state index in [0.717, 1.165) is 17.5 Å². The summed E-state index contributed by atoms with van der Waals surface area (Å²) >= 11 is 3.40. The van der Waals surface area contributed by atoms with Crippen LogP contribution in [0.15, 0.2) is 11.8 Å². The smallest absolute Gasteiger partial charge is 0.241 e. The van der Waals surface area contributed by atoms with E-state index in [0.29, 0.717) is 0 Å². The summed E-state index contributed by atoms with van der Waals surface area (Å²) in [6.07, 6.45) is 3.18. The Bertz CT molecular complexity index is 138. The van der Waals surface area contributed by atoms with Crippen molar-refractivity contribution in [2.24, 2.45) is 0 Å². The molecule has 0 aliphatic heterocycles. The van der Waals surface area contributed by atoms with Crippen molar-refractivity contribution in [3.8, 4) is 0 Å². The normalized spacial score (nSPS) is 13.4. The van der Waals surface area contributed by atoms with E-state index in [9.17, 15) is 0 Å². The third kappa shape index (κ3) is 6.63. The average Bonchev–Trinajstić information content (AvgIpc) is 1.84. The summed E-state index contributed by atoms with van der Waals surface area (Å²) in [6, 6.07) is 0. The van der Waals surface area contributed by atoms with Crippen LogP contribution in [0.1, 0.15) is 13.3 Å². The van der Waals surface area contributed by atoms with Gasteiger partial charge in [-0.2, -0.15) is 0 Å². The zero-order valence-corrected chi connectivity index (χ0v) is 10.4. The van der Waals surface area contributed by atoms with Crippen molar-refractivity contribution in [3.05, 3.63) is 11.8 Å². The van der Waals surface area contributed by atoms with Gasteiger partial charge < -0.3 is 4.43 Å². The highest BCUT2D eigenvalue weighted by Crippen LogP contribution is 2.12. The fourth-order valence-corrected chi connectivity index (χ4v) is 2.24. The Morgan fingerprint density at radius 1 is 1.45 bits per heavy atom. The van der Waals surface area contributed by atoms with Crippen molar-refractivity contribution in [3.63, 3.8) is 0 Å². The third-order valence-corrected chi connectivity index (χ3v) is 2.43. The Morgan fingerprint density at radius 3 is 2.27 bits per heavy atom. The Labute approximate surface area is 79.1 Å². The van der Waals surface area contributed by atoms with Gasteiger partial charge in [0.05, 0.1) is 11.1 Å². The molecule has 0 aliphatic carbocycles. The molecule has 66 valence electrons. The fourth-order valence-electron chi connectivity index (χ4n) is 0.744. The summed E-state index contributed by atoms with van der Waals surface area (Å²) in [5.74, 6) is 1.09. The summed E-state index contributed by atoms with van der Waals surface area (Å²) in [7, 11) is -1.38. The fraction of sp³-hybridized carbons (Fsp3) is 0.750. The number of hydrogen-bond acceptors (Lipinski definition) is 1. The quantitative estimate of drug-likeness (QED) is 0.413. The van der Waals surface area contributed by atoms with E-state index in [1.807, 2.05) is 0 Å². The summed E-state index contributed by atoms with van der Waals surface area (Å²) in [5, 5.41) is 0.838. The topological polar surface area (TPSA) is 9.23 Å². The van der Waals surface area contributed by atoms with E-state index < -0.39 is 8.32 Å². The lowest BCUT2D eigenvalue weighted by Crippen LogP contribution is -2.25. The molecule has 3 heteroatoms. The highest BCUT2D eigenvalue weighted by Gasteiger charge is 2.16. The first-order valence-corrected chi connectivity index (χ1v) is 8.46. The van der Waals surface area contributed by atoms with Gasteiger partial charge in [0.25, 0.3) is 0 Å². The second kappa shape index (κ2) is 4.98. The molecule has 0 radical (unpaired) electrons. The molecular weight excluding hydrogens is 220 g/mol. The lowest BCUT2D eigenvalue weighted by atomic mass is 10.4. The lowest BCUT2D eigenvalue weighted by Gasteiger charge is -2.20. The first-order chi connectivity index (χ1) is 4.99. The zero-order chi connectivity index (χ0) is 8.91. The van der Waals surface area contributed by atoms with Gasteiger partial charge in [-0.1, -0.05) is 22.9 Å². The molecule has 11 heavy (non-hydrogen) atoms. The minimum atomic E-state index is -1.38. The van der Waals surface area contributed by atoms with Crippen LogP contribution in [0.5, 0.6) is 0 Å². The van der Waals surface area contributed by atoms with Crippen molar-refractivity contribution in [2.75, 3.05) is 5.33 Å². The predicted octanol–water partition coefficient (Wildman–Crippen LogP) is 3.53. The summed E-state index contributed by atoms with van der Waals surface area (Å²) < 4.78 is 5.78. The van der Waals surface area contributed by atoms with Gasteiger partial charge in [0.2, 0.25) is 8.32 Å². The Hall–Kier alpha value is 0.237. The Kier molecular flexibility index (Phi) is 5.09. The van der Waals surface area contributed by atoms with Crippen LogP contribution in [-0.4, -0.2) is 13.6 Å². The van der Waals surface area contributed by atoms with Crippen LogP contribution in [-0.2, 0) is 4.43 Å². The molecule has 0 N–H and O–H groups in total. The highest BCUT2D eigenvalue weighted by molar-refractivity contribution is 9.09. The monoisotopic (exact) mass is 236 g/mol. The lowest BCUT2D eigenvalue weighted by molar-refractivity contribution is 0.425. The highest BCUT2D eigenvalue weighted by atomic mass is 79.9. The predicted molar refractivity (Wildman–Crippen MR) is 56.6 cm³/mol. The van der Waals surface area contributed by atoms with E-state index >= 15 is 0 Å². The van der Waals surface area contributed by atoms with Crippen LogP contribution >= 0.6 is 15.9 Å². The molecule has 0 atom stereocenters. The van der Waals surface area contributed by atoms with Crippen molar-refractivity contribution in [1.82, 2.24) is 0 Å². The van der Waals surface area contributed by atoms with E-state index in [2.05, 4.69) is 48.6 Å². The van der Waals surface area contributed by atoms with Crippen LogP contribution in [0.3, 0.4) is 0 Å². The van der Waals surface area contributed by atoms with Gasteiger partial charge in [-0.3, -0.25) is 0 Å². The van der Waals surface area contributed by atoms with Gasteiger partial charge in [-0.15, -0.1) is 0 Å². The van der Waals surface area contributed by atoms with Crippen molar-refractivity contribution >= 4 is 24.2 Å². The summed E-state index contributed by atoms with van der Waals surface area (Å²) in [5.41, 5.74) is 0. The molecule has 0 unspecified atom stereocenters. The Balaban J connectivity index is 3.99. The van der Waals surface area contributed by atoms with Crippen molar-refractivity contribution in [2.45, 2.75) is 33.0 Å². The van der Waals surface area contributed by atoms with Crippen LogP contribution < -0.4 is 0 Å². The van der Waals surface area contributed by atoms with Gasteiger partial charge in [-0.25, -0.2) is 0 Å². The molecule has 0 heterocycles. The zero-order valence-electron chi connectivity index (χ0n) is 7.78. The van der Waals surface area contributed by atoms with E-state index in [1.54, 1.807) is 0 Å². The molecule has 0 fully saturated rings. The van der Waals surface area contributed by atoms with Crippen molar-refractivity contribution < 1.29 is 4.43 Å². The van der Waals surface area contributed by atoms with Crippen LogP contribution in [0, 0.1) is 0 Å². The minimum Gasteiger partial charge on any atom is -0.547 e. The minimum absolute atomic E-state index is 0.838. The number of halogens is 1. The molecule has 0 aromatic rings. The average molecular weight is 237 g/mol. The first kappa shape index (κ1) is 11.2. The van der Waals surface area contributed by atoms with Gasteiger partial charge in [0, 0.05) is 0 Å². The van der Waals surface area contributed by atoms with Crippen molar-refractivity contribution in [1.29, 1.82) is 0 Å². The first-order valence-electron chi connectivity index (χ1n) is 3.93. The standard InChI is InChI=1S/C8H17BrOSi/c1-5-6-8(7-9)10-11(2,3)4/h6H,5,7H2,1-4H3. The molecule has 0 spiro atoms. The van der Waals surface area contributed by atoms with Crippen LogP contribution in [0.25, 0.3) is 0 Å². The van der Waals surface area contributed by atoms with E-state index in [4.69, 9.17) is 4.43 Å². The van der Waals surface area contributed by atoms with E-state index in [1.165, 1.54) is 0 Å². The molecule has 0 saturated carbocycles. The molecule has 0 saturated heterocycles. The largest absolute Gasteiger partial charge is 0.547 e. The van der Waals surface area contributed by atoms with Crippen LogP contribution in [0.4, 0.5) is 0 Å². The number of allylic oxidation sites excluding steroid dienone is 2. The second-order valence-electron chi connectivity index (χ2n) is 3.43. The Morgan fingerprint density at radius 2 is 2.00 bits per heavy atom. The van der Waals surface area contributed by atoms with Gasteiger partial charge in [0.15, 0.2) is 0 Å². The van der Waals surface area contributed by atoms with Crippen LogP contribution in [0.2, 0.25) is 19.6 Å². The van der Waals surface area contributed by atoms with Gasteiger partial charge in [-0.05, 0) is 32.1 Å². The molecule has 0 rings (SSSR count). The third-order valence-electron chi connectivity index (χ3n) is 1.00. The van der Waals surface area contributed by atoms with E-state index in [-0.39, 0.29) is 0 Å². The molecule has 1 nitrogen and oxygen atoms in total. The molecule has 0 bridgehead atoms. The number of hydrogen-bond donors (Lipinski definition) is 0. The molecule has 0 aliphatic rings. The maximum atomic E-state index is 5.78. The molecule has 0 amide bonds. The van der Waals surface area contributed by atoms with Gasteiger partial charge in [0.1, 0.15) is 0 Å². The second-order valence-corrected chi connectivity index (χ2v) is 8.42. The maximum absolute atomic E-state index is 5.78. The molecular formula is C8H17BrOSi. The molecule has 0 aromatic carbocycles. The summed E-state index contributed by atoms with van der Waals surface area (Å²) in [6.45, 7) is 8.70. The molecule has 0 aromatic heterocycles. The number of alkyl halides is 1. The van der Waals surface area contributed by atoms with Gasteiger partial charge >= 0.3 is 0 Å². The maximum Gasteiger partial charge on any atom is 0.241 e. The number of rotatable bonds is 4.